The summed E-state index contributed by atoms with van der Waals surface area (Å²) < 4.78 is 12.1. The van der Waals surface area contributed by atoms with Crippen molar-refractivity contribution in [2.75, 3.05) is 0 Å². The predicted molar refractivity (Wildman–Crippen MR) is 126 cm³/mol. The number of hydrogen-bond acceptors (Lipinski definition) is 3. The fourth-order valence-electron chi connectivity index (χ4n) is 3.00. The maximum absolute atomic E-state index is 11.6. The first-order valence-corrected chi connectivity index (χ1v) is 11.4. The minimum Gasteiger partial charge on any atom is -0.461 e. The van der Waals surface area contributed by atoms with Gasteiger partial charge in [-0.25, -0.2) is 4.79 Å². The lowest BCUT2D eigenvalue weighted by atomic mass is 9.99. The van der Waals surface area contributed by atoms with E-state index in [4.69, 9.17) is 8.83 Å². The molecule has 0 N–H and O–H groups in total. The van der Waals surface area contributed by atoms with Crippen LogP contribution in [0.3, 0.4) is 0 Å². The Morgan fingerprint density at radius 1 is 0.917 bits per heavy atom. The molecule has 3 nitrogen and oxygen atoms in total. The second kappa shape index (κ2) is 8.70. The SMILES string of the molecule is CCc1c(C)oc2c(CC)c3oc(=O)cc(C)c3cc12.IC(I)I. The Morgan fingerprint density at radius 2 is 1.46 bits per heavy atom. The molecule has 0 saturated heterocycles. The van der Waals surface area contributed by atoms with Crippen molar-refractivity contribution in [1.29, 1.82) is 0 Å². The van der Waals surface area contributed by atoms with Gasteiger partial charge in [0.2, 0.25) is 0 Å². The third kappa shape index (κ3) is 4.28. The van der Waals surface area contributed by atoms with Crippen LogP contribution in [0.1, 0.15) is 36.3 Å². The molecule has 0 bridgehead atoms. The van der Waals surface area contributed by atoms with Gasteiger partial charge < -0.3 is 8.83 Å². The van der Waals surface area contributed by atoms with Gasteiger partial charge in [0, 0.05) is 28.0 Å². The highest BCUT2D eigenvalue weighted by molar-refractivity contribution is 14.3. The van der Waals surface area contributed by atoms with Crippen molar-refractivity contribution in [3.8, 4) is 0 Å². The third-order valence-corrected chi connectivity index (χ3v) is 4.00. The van der Waals surface area contributed by atoms with Gasteiger partial charge in [0.15, 0.2) is 0 Å². The second-order valence-electron chi connectivity index (χ2n) is 5.45. The number of halogens is 3. The molecule has 2 heterocycles. The van der Waals surface area contributed by atoms with E-state index in [1.165, 1.54) is 5.56 Å². The third-order valence-electron chi connectivity index (χ3n) is 4.00. The van der Waals surface area contributed by atoms with E-state index < -0.39 is 0 Å². The van der Waals surface area contributed by atoms with Crippen LogP contribution in [0, 0.1) is 13.8 Å². The highest BCUT2D eigenvalue weighted by Gasteiger charge is 2.18. The van der Waals surface area contributed by atoms with Crippen molar-refractivity contribution in [3.05, 3.63) is 45.0 Å². The van der Waals surface area contributed by atoms with Crippen molar-refractivity contribution < 1.29 is 8.83 Å². The average Bonchev–Trinajstić information content (AvgIpc) is 2.79. The lowest BCUT2D eigenvalue weighted by molar-refractivity contribution is 0.548. The van der Waals surface area contributed by atoms with E-state index in [0.717, 1.165) is 46.0 Å². The Balaban J connectivity index is 0.000000471. The van der Waals surface area contributed by atoms with Gasteiger partial charge in [0.05, 0.1) is 0 Å². The van der Waals surface area contributed by atoms with Crippen molar-refractivity contribution in [3.63, 3.8) is 0 Å². The van der Waals surface area contributed by atoms with E-state index in [1.807, 2.05) is 13.8 Å². The molecule has 1 aromatic carbocycles. The van der Waals surface area contributed by atoms with Crippen LogP contribution in [0.4, 0.5) is 0 Å². The molecule has 0 amide bonds. The second-order valence-corrected chi connectivity index (χ2v) is 16.3. The molecule has 0 aliphatic rings. The van der Waals surface area contributed by atoms with E-state index >= 15 is 0 Å². The Labute approximate surface area is 182 Å². The van der Waals surface area contributed by atoms with E-state index in [2.05, 4.69) is 87.7 Å². The molecule has 0 radical (unpaired) electrons. The van der Waals surface area contributed by atoms with Crippen LogP contribution in [-0.4, -0.2) is -0.0619 Å². The maximum Gasteiger partial charge on any atom is 0.336 e. The number of benzene rings is 1. The van der Waals surface area contributed by atoms with E-state index in [9.17, 15) is 4.79 Å². The molecule has 0 atom stereocenters. The average molecular weight is 664 g/mol. The first kappa shape index (κ1) is 20.5. The van der Waals surface area contributed by atoms with Gasteiger partial charge in [0.25, 0.3) is 0 Å². The lowest BCUT2D eigenvalue weighted by Gasteiger charge is -2.06. The Morgan fingerprint density at radius 3 is 2.00 bits per heavy atom. The number of furan rings is 1. The van der Waals surface area contributed by atoms with E-state index in [1.54, 1.807) is 6.07 Å². The summed E-state index contributed by atoms with van der Waals surface area (Å²) in [5.74, 6) is 0.951. The summed E-state index contributed by atoms with van der Waals surface area (Å²) >= 11 is 6.95. The zero-order chi connectivity index (χ0) is 18.0. The molecule has 130 valence electrons. The first-order valence-electron chi connectivity index (χ1n) is 7.70. The van der Waals surface area contributed by atoms with Gasteiger partial charge in [-0.05, 0) is 38.3 Å². The van der Waals surface area contributed by atoms with Crippen LogP contribution in [0.5, 0.6) is 0 Å². The number of aryl methyl sites for hydroxylation is 4. The highest BCUT2D eigenvalue weighted by Crippen LogP contribution is 2.35. The zero-order valence-electron chi connectivity index (χ0n) is 14.0. The molecule has 0 fully saturated rings. The molecule has 3 rings (SSSR count). The standard InChI is InChI=1S/C17H18O3.CHI3/c1-5-11-10(4)19-17-12(6-2)16-13(8-14(11)17)9(3)7-15(18)20-16;2-1(3)4/h7-8H,5-6H2,1-4H3;1H. The molecule has 0 unspecified atom stereocenters. The van der Waals surface area contributed by atoms with Crippen LogP contribution < -0.4 is 5.63 Å². The van der Waals surface area contributed by atoms with E-state index in [0.29, 0.717) is 5.58 Å². The number of rotatable bonds is 2. The Bertz CT molecular complexity index is 920. The molecule has 0 spiro atoms. The topological polar surface area (TPSA) is 43.4 Å². The van der Waals surface area contributed by atoms with Crippen molar-refractivity contribution >= 4 is 89.7 Å². The minimum absolute atomic E-state index is 0.303. The fourth-order valence-corrected chi connectivity index (χ4v) is 3.00. The summed E-state index contributed by atoms with van der Waals surface area (Å²) in [6.45, 7) is 8.13. The molecule has 6 heteroatoms. The van der Waals surface area contributed by atoms with Gasteiger partial charge >= 0.3 is 5.63 Å². The van der Waals surface area contributed by atoms with Crippen molar-refractivity contribution in [1.82, 2.24) is 0 Å². The number of hydrogen-bond donors (Lipinski definition) is 0. The van der Waals surface area contributed by atoms with Crippen molar-refractivity contribution in [2.45, 2.75) is 40.5 Å². The number of fused-ring (bicyclic) bond motifs is 2. The van der Waals surface area contributed by atoms with E-state index in [-0.39, 0.29) is 5.63 Å². The van der Waals surface area contributed by atoms with Crippen LogP contribution in [0.15, 0.2) is 25.8 Å². The van der Waals surface area contributed by atoms with Gasteiger partial charge in [-0.2, -0.15) is 0 Å². The van der Waals surface area contributed by atoms with Crippen LogP contribution in [-0.2, 0) is 12.8 Å². The monoisotopic (exact) mass is 664 g/mol. The minimum atomic E-state index is -0.303. The van der Waals surface area contributed by atoms with Gasteiger partial charge in [-0.15, -0.1) is 0 Å². The lowest BCUT2D eigenvalue weighted by Crippen LogP contribution is -2.00. The Kier molecular flexibility index (Phi) is 7.42. The molecular weight excluding hydrogens is 645 g/mol. The van der Waals surface area contributed by atoms with Crippen LogP contribution in [0.2, 0.25) is 0 Å². The van der Waals surface area contributed by atoms with Gasteiger partial charge in [0.1, 0.15) is 16.9 Å². The molecule has 0 saturated carbocycles. The number of alkyl halides is 3. The van der Waals surface area contributed by atoms with Gasteiger partial charge in [-0.3, -0.25) is 0 Å². The van der Waals surface area contributed by atoms with Crippen LogP contribution in [0.25, 0.3) is 21.9 Å². The quantitative estimate of drug-likeness (QED) is 0.171. The predicted octanol–water partition coefficient (Wildman–Crippen LogP) is 6.86. The normalized spacial score (nSPS) is 11.2. The highest BCUT2D eigenvalue weighted by atomic mass is 127. The van der Waals surface area contributed by atoms with Gasteiger partial charge in [-0.1, -0.05) is 81.6 Å². The molecule has 24 heavy (non-hydrogen) atoms. The summed E-state index contributed by atoms with van der Waals surface area (Å²) in [5, 5.41) is 2.15. The molecule has 0 aliphatic heterocycles. The van der Waals surface area contributed by atoms with Crippen molar-refractivity contribution in [2.24, 2.45) is 0 Å². The maximum atomic E-state index is 11.6. The molecule has 2 aromatic heterocycles. The fraction of sp³-hybridized carbons (Fsp3) is 0.389. The largest absolute Gasteiger partial charge is 0.461 e. The molecule has 0 aliphatic carbocycles. The first-order chi connectivity index (χ1) is 11.3. The molecular formula is C18H19I3O3. The zero-order valence-corrected chi connectivity index (χ0v) is 20.5. The summed E-state index contributed by atoms with van der Waals surface area (Å²) in [4.78, 5) is 11.6. The summed E-state index contributed by atoms with van der Waals surface area (Å²) in [6, 6.07) is 3.64. The van der Waals surface area contributed by atoms with Crippen LogP contribution >= 0.6 is 67.8 Å². The summed E-state index contributed by atoms with van der Waals surface area (Å²) in [7, 11) is 0. The molecule has 3 aromatic rings. The summed E-state index contributed by atoms with van der Waals surface area (Å²) in [6.07, 6.45) is 1.71. The Hall–Kier alpha value is 0.160. The smallest absolute Gasteiger partial charge is 0.336 e. The summed E-state index contributed by atoms with van der Waals surface area (Å²) in [5.41, 5.74) is 4.41.